The number of ether oxygens (including phenoxy) is 1. The third-order valence-corrected chi connectivity index (χ3v) is 4.70. The summed E-state index contributed by atoms with van der Waals surface area (Å²) in [6.07, 6.45) is 0.742. The quantitative estimate of drug-likeness (QED) is 0.731. The Morgan fingerprint density at radius 2 is 2.30 bits per heavy atom. The van der Waals surface area contributed by atoms with E-state index in [0.717, 1.165) is 28.5 Å². The van der Waals surface area contributed by atoms with E-state index in [1.165, 1.54) is 0 Å². The summed E-state index contributed by atoms with van der Waals surface area (Å²) >= 11 is 13.5. The number of nitrogens with zero attached hydrogens (tertiary/aromatic N) is 1. The van der Waals surface area contributed by atoms with Gasteiger partial charge in [-0.1, -0.05) is 16.8 Å². The summed E-state index contributed by atoms with van der Waals surface area (Å²) in [5.41, 5.74) is 0.688. The molecule has 1 aliphatic heterocycles. The topological polar surface area (TPSA) is 30.8 Å². The third kappa shape index (κ3) is 3.96. The molecule has 0 N–H and O–H groups in total. The van der Waals surface area contributed by atoms with Crippen LogP contribution in [0.15, 0.2) is 23.4 Å². The first kappa shape index (κ1) is 15.8. The molecule has 1 atom stereocenters. The molecule has 20 heavy (non-hydrogen) atoms. The molecule has 110 valence electrons. The van der Waals surface area contributed by atoms with Crippen LogP contribution in [0.25, 0.3) is 0 Å². The summed E-state index contributed by atoms with van der Waals surface area (Å²) < 4.78 is 5.61. The molecular formula is C14H17Cl2NO2S. The lowest BCUT2D eigenvalue weighted by Gasteiger charge is -2.16. The zero-order valence-electron chi connectivity index (χ0n) is 11.5. The van der Waals surface area contributed by atoms with E-state index < -0.39 is 0 Å². The molecule has 1 aromatic carbocycles. The van der Waals surface area contributed by atoms with Crippen molar-refractivity contribution in [1.29, 1.82) is 0 Å². The lowest BCUT2D eigenvalue weighted by molar-refractivity contribution is 0.0152. The Bertz CT molecular complexity index is 510. The summed E-state index contributed by atoms with van der Waals surface area (Å²) in [7, 11) is 0. The van der Waals surface area contributed by atoms with Crippen LogP contribution in [0.5, 0.6) is 5.75 Å². The molecule has 0 saturated carbocycles. The molecule has 0 amide bonds. The van der Waals surface area contributed by atoms with E-state index in [1.54, 1.807) is 11.8 Å². The van der Waals surface area contributed by atoms with Gasteiger partial charge in [-0.25, -0.2) is 0 Å². The lowest BCUT2D eigenvalue weighted by atomic mass is 10.1. The maximum Gasteiger partial charge on any atom is 0.154 e. The standard InChI is InChI=1S/C14H17Cl2NO2S/c1-3-18-12-5-4-11(16)6-10(12)8-20-13-7-14(2,9-15)19-17-13/h4-6H,3,7-9H2,1-2H3. The van der Waals surface area contributed by atoms with Gasteiger partial charge in [0, 0.05) is 22.8 Å². The van der Waals surface area contributed by atoms with Crippen LogP contribution in [-0.2, 0) is 10.6 Å². The summed E-state index contributed by atoms with van der Waals surface area (Å²) in [6.45, 7) is 4.56. The zero-order valence-corrected chi connectivity index (χ0v) is 13.8. The molecule has 1 aliphatic rings. The van der Waals surface area contributed by atoms with Crippen molar-refractivity contribution < 1.29 is 9.57 Å². The number of benzene rings is 1. The highest BCUT2D eigenvalue weighted by Crippen LogP contribution is 2.33. The molecule has 3 nitrogen and oxygen atoms in total. The maximum absolute atomic E-state index is 6.04. The van der Waals surface area contributed by atoms with Crippen LogP contribution in [0.4, 0.5) is 0 Å². The molecule has 1 heterocycles. The van der Waals surface area contributed by atoms with Crippen molar-refractivity contribution >= 4 is 40.0 Å². The summed E-state index contributed by atoms with van der Waals surface area (Å²) in [4.78, 5) is 5.37. The molecule has 2 rings (SSSR count). The minimum atomic E-state index is -0.374. The van der Waals surface area contributed by atoms with E-state index in [-0.39, 0.29) is 5.60 Å². The third-order valence-electron chi connectivity index (χ3n) is 2.89. The molecule has 0 aromatic heterocycles. The smallest absolute Gasteiger partial charge is 0.154 e. The van der Waals surface area contributed by atoms with Gasteiger partial charge in [-0.2, -0.15) is 0 Å². The van der Waals surface area contributed by atoms with Crippen LogP contribution >= 0.6 is 35.0 Å². The van der Waals surface area contributed by atoms with Crippen molar-refractivity contribution in [2.24, 2.45) is 5.16 Å². The monoisotopic (exact) mass is 333 g/mol. The predicted molar refractivity (Wildman–Crippen MR) is 86.2 cm³/mol. The maximum atomic E-state index is 6.04. The van der Waals surface area contributed by atoms with Crippen LogP contribution in [0.1, 0.15) is 25.8 Å². The lowest BCUT2D eigenvalue weighted by Crippen LogP contribution is -2.26. The molecule has 1 unspecified atom stereocenters. The van der Waals surface area contributed by atoms with Crippen LogP contribution in [-0.4, -0.2) is 23.1 Å². The van der Waals surface area contributed by atoms with Gasteiger partial charge in [-0.05, 0) is 32.0 Å². The molecular weight excluding hydrogens is 317 g/mol. The van der Waals surface area contributed by atoms with Crippen molar-refractivity contribution in [3.05, 3.63) is 28.8 Å². The highest BCUT2D eigenvalue weighted by Gasteiger charge is 2.33. The number of halogens is 2. The normalized spacial score (nSPS) is 21.5. The number of hydrogen-bond acceptors (Lipinski definition) is 4. The van der Waals surface area contributed by atoms with Gasteiger partial charge >= 0.3 is 0 Å². The van der Waals surface area contributed by atoms with Crippen molar-refractivity contribution in [2.45, 2.75) is 31.6 Å². The molecule has 0 radical (unpaired) electrons. The first-order valence-electron chi connectivity index (χ1n) is 6.41. The van der Waals surface area contributed by atoms with Crippen molar-refractivity contribution in [1.82, 2.24) is 0 Å². The Hall–Kier alpha value is -0.580. The Labute approximate surface area is 133 Å². The Morgan fingerprint density at radius 3 is 2.95 bits per heavy atom. The zero-order chi connectivity index (χ0) is 14.6. The summed E-state index contributed by atoms with van der Waals surface area (Å²) in [6, 6.07) is 5.66. The predicted octanol–water partition coefficient (Wildman–Crippen LogP) is 4.70. The highest BCUT2D eigenvalue weighted by molar-refractivity contribution is 8.13. The van der Waals surface area contributed by atoms with Crippen LogP contribution < -0.4 is 4.74 Å². The Balaban J connectivity index is 1.99. The second-order valence-electron chi connectivity index (χ2n) is 4.81. The van der Waals surface area contributed by atoms with Crippen LogP contribution in [0.2, 0.25) is 5.02 Å². The van der Waals surface area contributed by atoms with E-state index in [1.807, 2.05) is 32.0 Å². The van der Waals surface area contributed by atoms with E-state index in [2.05, 4.69) is 5.16 Å². The van der Waals surface area contributed by atoms with Gasteiger partial charge in [0.2, 0.25) is 0 Å². The number of oxime groups is 1. The second kappa shape index (κ2) is 6.92. The molecule has 6 heteroatoms. The minimum absolute atomic E-state index is 0.374. The van der Waals surface area contributed by atoms with Gasteiger partial charge in [0.05, 0.1) is 12.5 Å². The van der Waals surface area contributed by atoms with Crippen molar-refractivity contribution in [3.63, 3.8) is 0 Å². The molecule has 1 aromatic rings. The summed E-state index contributed by atoms with van der Waals surface area (Å²) in [5.74, 6) is 2.04. The van der Waals surface area contributed by atoms with Gasteiger partial charge in [0.1, 0.15) is 10.8 Å². The van der Waals surface area contributed by atoms with E-state index in [0.29, 0.717) is 17.5 Å². The van der Waals surface area contributed by atoms with Crippen molar-refractivity contribution in [2.75, 3.05) is 12.5 Å². The number of hydrogen-bond donors (Lipinski definition) is 0. The van der Waals surface area contributed by atoms with Gasteiger partial charge in [-0.15, -0.1) is 23.4 Å². The Morgan fingerprint density at radius 1 is 1.50 bits per heavy atom. The van der Waals surface area contributed by atoms with Crippen LogP contribution in [0.3, 0.4) is 0 Å². The van der Waals surface area contributed by atoms with Gasteiger partial charge in [0.15, 0.2) is 5.60 Å². The molecule has 0 saturated heterocycles. The fraction of sp³-hybridized carbons (Fsp3) is 0.500. The SMILES string of the molecule is CCOc1ccc(Cl)cc1CSC1=NOC(C)(CCl)C1. The fourth-order valence-corrected chi connectivity index (χ4v) is 3.20. The van der Waals surface area contributed by atoms with Crippen LogP contribution in [0, 0.1) is 0 Å². The highest BCUT2D eigenvalue weighted by atomic mass is 35.5. The average Bonchev–Trinajstić information content (AvgIpc) is 2.82. The molecule has 0 fully saturated rings. The number of alkyl halides is 1. The van der Waals surface area contributed by atoms with Gasteiger partial charge in [-0.3, -0.25) is 0 Å². The first-order chi connectivity index (χ1) is 9.56. The van der Waals surface area contributed by atoms with Gasteiger partial charge < -0.3 is 9.57 Å². The summed E-state index contributed by atoms with van der Waals surface area (Å²) in [5, 5.41) is 5.76. The van der Waals surface area contributed by atoms with E-state index in [9.17, 15) is 0 Å². The second-order valence-corrected chi connectivity index (χ2v) is 6.56. The number of rotatable bonds is 5. The Kier molecular flexibility index (Phi) is 5.47. The minimum Gasteiger partial charge on any atom is -0.494 e. The molecule has 0 bridgehead atoms. The van der Waals surface area contributed by atoms with E-state index in [4.69, 9.17) is 32.8 Å². The fourth-order valence-electron chi connectivity index (χ4n) is 1.81. The largest absolute Gasteiger partial charge is 0.494 e. The molecule has 0 spiro atoms. The number of thioether (sulfide) groups is 1. The average molecular weight is 334 g/mol. The van der Waals surface area contributed by atoms with E-state index >= 15 is 0 Å². The van der Waals surface area contributed by atoms with Crippen molar-refractivity contribution in [3.8, 4) is 5.75 Å². The molecule has 0 aliphatic carbocycles. The van der Waals surface area contributed by atoms with Gasteiger partial charge in [0.25, 0.3) is 0 Å². The first-order valence-corrected chi connectivity index (χ1v) is 8.31.